The Hall–Kier alpha value is -1.51. The van der Waals surface area contributed by atoms with Crippen molar-refractivity contribution in [1.29, 1.82) is 0 Å². The zero-order chi connectivity index (χ0) is 13.8. The van der Waals surface area contributed by atoms with Crippen LogP contribution < -0.4 is 4.74 Å². The largest absolute Gasteiger partial charge is 0.494 e. The van der Waals surface area contributed by atoms with E-state index in [1.807, 2.05) is 13.0 Å². The smallest absolute Gasteiger partial charge is 0.338 e. The molecule has 0 aromatic heterocycles. The third-order valence-corrected chi connectivity index (χ3v) is 2.60. The molecule has 0 saturated carbocycles. The molecule has 0 heterocycles. The van der Waals surface area contributed by atoms with Gasteiger partial charge in [0.05, 0.1) is 18.8 Å². The van der Waals surface area contributed by atoms with Gasteiger partial charge in [0.2, 0.25) is 0 Å². The van der Waals surface area contributed by atoms with Crippen LogP contribution in [-0.2, 0) is 10.2 Å². The lowest BCUT2D eigenvalue weighted by atomic mass is 9.86. The molecule has 0 fully saturated rings. The summed E-state index contributed by atoms with van der Waals surface area (Å²) < 4.78 is 10.6. The van der Waals surface area contributed by atoms with Gasteiger partial charge in [-0.1, -0.05) is 26.8 Å². The highest BCUT2D eigenvalue weighted by Gasteiger charge is 2.20. The lowest BCUT2D eigenvalue weighted by Gasteiger charge is -2.23. The van der Waals surface area contributed by atoms with Gasteiger partial charge in [0.15, 0.2) is 0 Å². The van der Waals surface area contributed by atoms with E-state index >= 15 is 0 Å². The molecule has 0 aliphatic carbocycles. The monoisotopic (exact) mass is 250 g/mol. The highest BCUT2D eigenvalue weighted by atomic mass is 16.5. The molecule has 0 bridgehead atoms. The van der Waals surface area contributed by atoms with Crippen LogP contribution in [0.25, 0.3) is 0 Å². The molecule has 0 N–H and O–H groups in total. The topological polar surface area (TPSA) is 35.5 Å². The molecule has 0 radical (unpaired) electrons. The molecular formula is C15H22O3. The van der Waals surface area contributed by atoms with Crippen molar-refractivity contribution in [3.05, 3.63) is 29.3 Å². The van der Waals surface area contributed by atoms with Crippen LogP contribution in [0.2, 0.25) is 0 Å². The lowest BCUT2D eigenvalue weighted by Crippen LogP contribution is -2.14. The number of hydrogen-bond acceptors (Lipinski definition) is 3. The number of hydrogen-bond donors (Lipinski definition) is 0. The normalized spacial score (nSPS) is 11.2. The summed E-state index contributed by atoms with van der Waals surface area (Å²) in [5, 5.41) is 0. The van der Waals surface area contributed by atoms with E-state index < -0.39 is 0 Å². The van der Waals surface area contributed by atoms with E-state index in [0.29, 0.717) is 18.8 Å². The Kier molecular flexibility index (Phi) is 4.76. The first-order chi connectivity index (χ1) is 8.40. The minimum absolute atomic E-state index is 0.0162. The Labute approximate surface area is 109 Å². The van der Waals surface area contributed by atoms with Gasteiger partial charge in [-0.05, 0) is 37.0 Å². The highest BCUT2D eigenvalue weighted by Crippen LogP contribution is 2.32. The van der Waals surface area contributed by atoms with Crippen molar-refractivity contribution in [2.45, 2.75) is 40.0 Å². The molecule has 1 rings (SSSR count). The number of ether oxygens (including phenoxy) is 2. The van der Waals surface area contributed by atoms with Gasteiger partial charge >= 0.3 is 5.97 Å². The quantitative estimate of drug-likeness (QED) is 0.766. The van der Waals surface area contributed by atoms with Crippen molar-refractivity contribution in [3.8, 4) is 5.75 Å². The Morgan fingerprint density at radius 1 is 1.17 bits per heavy atom. The Bertz CT molecular complexity index is 416. The Morgan fingerprint density at radius 2 is 1.83 bits per heavy atom. The van der Waals surface area contributed by atoms with E-state index in [4.69, 9.17) is 9.47 Å². The van der Waals surface area contributed by atoms with Crippen molar-refractivity contribution in [2.75, 3.05) is 13.2 Å². The molecular weight excluding hydrogens is 228 g/mol. The second kappa shape index (κ2) is 5.89. The van der Waals surface area contributed by atoms with Gasteiger partial charge < -0.3 is 9.47 Å². The van der Waals surface area contributed by atoms with E-state index in [1.54, 1.807) is 19.1 Å². The zero-order valence-electron chi connectivity index (χ0n) is 11.9. The molecule has 0 atom stereocenters. The third-order valence-electron chi connectivity index (χ3n) is 2.60. The summed E-state index contributed by atoms with van der Waals surface area (Å²) in [6.07, 6.45) is 0. The molecule has 0 aliphatic heterocycles. The van der Waals surface area contributed by atoms with Crippen molar-refractivity contribution in [3.63, 3.8) is 0 Å². The van der Waals surface area contributed by atoms with Crippen LogP contribution in [-0.4, -0.2) is 19.2 Å². The summed E-state index contributed by atoms with van der Waals surface area (Å²) in [7, 11) is 0. The molecule has 0 amide bonds. The summed E-state index contributed by atoms with van der Waals surface area (Å²) in [5.41, 5.74) is 1.61. The summed E-state index contributed by atoms with van der Waals surface area (Å²) >= 11 is 0. The number of benzene rings is 1. The van der Waals surface area contributed by atoms with E-state index in [2.05, 4.69) is 20.8 Å². The Morgan fingerprint density at radius 3 is 2.33 bits per heavy atom. The average Bonchev–Trinajstić information content (AvgIpc) is 2.28. The maximum absolute atomic E-state index is 11.7. The SMILES string of the molecule is CCOC(=O)c1ccc(C(C)(C)C)c(OCC)c1. The zero-order valence-corrected chi connectivity index (χ0v) is 11.9. The molecule has 0 spiro atoms. The maximum Gasteiger partial charge on any atom is 0.338 e. The fourth-order valence-electron chi connectivity index (χ4n) is 1.76. The lowest BCUT2D eigenvalue weighted by molar-refractivity contribution is 0.0525. The van der Waals surface area contributed by atoms with Gasteiger partial charge in [-0.2, -0.15) is 0 Å². The predicted octanol–water partition coefficient (Wildman–Crippen LogP) is 3.56. The highest BCUT2D eigenvalue weighted by molar-refractivity contribution is 5.90. The number of carbonyl (C=O) groups is 1. The van der Waals surface area contributed by atoms with Crippen LogP contribution in [0.3, 0.4) is 0 Å². The third kappa shape index (κ3) is 3.49. The molecule has 18 heavy (non-hydrogen) atoms. The first-order valence-electron chi connectivity index (χ1n) is 6.34. The van der Waals surface area contributed by atoms with Gasteiger partial charge in [-0.15, -0.1) is 0 Å². The second-order valence-corrected chi connectivity index (χ2v) is 5.11. The van der Waals surface area contributed by atoms with Gasteiger partial charge in [0.1, 0.15) is 5.75 Å². The van der Waals surface area contributed by atoms with Crippen LogP contribution >= 0.6 is 0 Å². The minimum atomic E-state index is -0.307. The molecule has 3 heteroatoms. The van der Waals surface area contributed by atoms with Crippen molar-refractivity contribution >= 4 is 5.97 Å². The fraction of sp³-hybridized carbons (Fsp3) is 0.533. The summed E-state index contributed by atoms with van der Waals surface area (Å²) in [6, 6.07) is 5.50. The molecule has 0 saturated heterocycles. The molecule has 0 aliphatic rings. The standard InChI is InChI=1S/C15H22O3/c1-6-17-13-10-11(14(16)18-7-2)8-9-12(13)15(3,4)5/h8-10H,6-7H2,1-5H3. The maximum atomic E-state index is 11.7. The van der Waals surface area contributed by atoms with E-state index in [-0.39, 0.29) is 11.4 Å². The van der Waals surface area contributed by atoms with Crippen molar-refractivity contribution in [1.82, 2.24) is 0 Å². The van der Waals surface area contributed by atoms with Crippen LogP contribution in [0, 0.1) is 0 Å². The van der Waals surface area contributed by atoms with Crippen LogP contribution in [0.15, 0.2) is 18.2 Å². The Balaban J connectivity index is 3.15. The van der Waals surface area contributed by atoms with Crippen LogP contribution in [0.5, 0.6) is 5.75 Å². The molecule has 100 valence electrons. The summed E-state index contributed by atoms with van der Waals surface area (Å²) in [5.74, 6) is 0.453. The predicted molar refractivity (Wildman–Crippen MR) is 72.3 cm³/mol. The molecule has 1 aromatic rings. The van der Waals surface area contributed by atoms with Crippen LogP contribution in [0.1, 0.15) is 50.5 Å². The molecule has 0 unspecified atom stereocenters. The van der Waals surface area contributed by atoms with Crippen molar-refractivity contribution < 1.29 is 14.3 Å². The van der Waals surface area contributed by atoms with E-state index in [0.717, 1.165) is 11.3 Å². The first kappa shape index (κ1) is 14.6. The fourth-order valence-corrected chi connectivity index (χ4v) is 1.76. The van der Waals surface area contributed by atoms with Crippen LogP contribution in [0.4, 0.5) is 0 Å². The average molecular weight is 250 g/mol. The summed E-state index contributed by atoms with van der Waals surface area (Å²) in [4.78, 5) is 11.7. The van der Waals surface area contributed by atoms with E-state index in [9.17, 15) is 4.79 Å². The van der Waals surface area contributed by atoms with Crippen molar-refractivity contribution in [2.24, 2.45) is 0 Å². The van der Waals surface area contributed by atoms with E-state index in [1.165, 1.54) is 0 Å². The van der Waals surface area contributed by atoms with Gasteiger partial charge in [0, 0.05) is 0 Å². The molecule has 1 aromatic carbocycles. The minimum Gasteiger partial charge on any atom is -0.494 e. The van der Waals surface area contributed by atoms with Gasteiger partial charge in [-0.3, -0.25) is 0 Å². The molecule has 3 nitrogen and oxygen atoms in total. The first-order valence-corrected chi connectivity index (χ1v) is 6.34. The van der Waals surface area contributed by atoms with Gasteiger partial charge in [0.25, 0.3) is 0 Å². The number of carbonyl (C=O) groups excluding carboxylic acids is 1. The second-order valence-electron chi connectivity index (χ2n) is 5.11. The summed E-state index contributed by atoms with van der Waals surface area (Å²) in [6.45, 7) is 11.0. The van der Waals surface area contributed by atoms with Gasteiger partial charge in [-0.25, -0.2) is 4.79 Å². The number of rotatable bonds is 4. The number of esters is 1.